The molecule has 16 heavy (non-hydrogen) atoms. The molecule has 1 heterocycles. The van der Waals surface area contributed by atoms with Crippen LogP contribution in [0.5, 0.6) is 0 Å². The summed E-state index contributed by atoms with van der Waals surface area (Å²) in [4.78, 5) is 2.40. The maximum atomic E-state index is 10.5. The van der Waals surface area contributed by atoms with Gasteiger partial charge in [-0.05, 0) is 26.7 Å². The Morgan fingerprint density at radius 3 is 2.62 bits per heavy atom. The van der Waals surface area contributed by atoms with Crippen LogP contribution in [0.2, 0.25) is 0 Å². The van der Waals surface area contributed by atoms with Crippen molar-refractivity contribution in [2.75, 3.05) is 19.7 Å². The molecule has 2 fully saturated rings. The monoisotopic (exact) mass is 227 g/mol. The van der Waals surface area contributed by atoms with Gasteiger partial charge in [0.15, 0.2) is 0 Å². The molecule has 0 amide bonds. The molecule has 2 unspecified atom stereocenters. The van der Waals surface area contributed by atoms with Crippen molar-refractivity contribution in [2.45, 2.75) is 63.7 Å². The highest BCUT2D eigenvalue weighted by atomic mass is 16.5. The van der Waals surface area contributed by atoms with Gasteiger partial charge in [0.05, 0.1) is 18.3 Å². The normalized spacial score (nSPS) is 36.2. The zero-order valence-electron chi connectivity index (χ0n) is 10.6. The average Bonchev–Trinajstić information content (AvgIpc) is 2.24. The van der Waals surface area contributed by atoms with Gasteiger partial charge >= 0.3 is 0 Å². The summed E-state index contributed by atoms with van der Waals surface area (Å²) < 4.78 is 5.62. The van der Waals surface area contributed by atoms with Crippen LogP contribution < -0.4 is 0 Å². The molecule has 1 saturated heterocycles. The van der Waals surface area contributed by atoms with Crippen molar-refractivity contribution in [2.24, 2.45) is 0 Å². The van der Waals surface area contributed by atoms with Crippen LogP contribution in [0.3, 0.4) is 0 Å². The van der Waals surface area contributed by atoms with Crippen LogP contribution in [-0.2, 0) is 4.74 Å². The molecule has 3 nitrogen and oxygen atoms in total. The number of nitrogens with zero attached hydrogens (tertiary/aromatic N) is 1. The highest BCUT2D eigenvalue weighted by Crippen LogP contribution is 2.30. The molecule has 0 aromatic heterocycles. The van der Waals surface area contributed by atoms with Gasteiger partial charge in [0.25, 0.3) is 0 Å². The van der Waals surface area contributed by atoms with Crippen LogP contribution in [0, 0.1) is 0 Å². The third-order valence-electron chi connectivity index (χ3n) is 4.02. The van der Waals surface area contributed by atoms with Gasteiger partial charge < -0.3 is 9.84 Å². The van der Waals surface area contributed by atoms with E-state index < -0.39 is 5.60 Å². The van der Waals surface area contributed by atoms with Crippen molar-refractivity contribution in [3.63, 3.8) is 0 Å². The Hall–Kier alpha value is -0.120. The molecule has 0 bridgehead atoms. The summed E-state index contributed by atoms with van der Waals surface area (Å²) in [5.41, 5.74) is -0.427. The number of rotatable bonds is 2. The fraction of sp³-hybridized carbons (Fsp3) is 1.00. The Morgan fingerprint density at radius 2 is 1.94 bits per heavy atom. The van der Waals surface area contributed by atoms with E-state index in [1.807, 2.05) is 0 Å². The van der Waals surface area contributed by atoms with Gasteiger partial charge in [0.2, 0.25) is 0 Å². The summed E-state index contributed by atoms with van der Waals surface area (Å²) in [6.07, 6.45) is 5.92. The van der Waals surface area contributed by atoms with Crippen molar-refractivity contribution in [3.05, 3.63) is 0 Å². The fourth-order valence-corrected chi connectivity index (χ4v) is 2.94. The minimum absolute atomic E-state index is 0.309. The number of β-amino-alcohol motifs (C(OH)–C–C–N with tert-alkyl or cyclic N) is 1. The highest BCUT2D eigenvalue weighted by Gasteiger charge is 2.34. The van der Waals surface area contributed by atoms with Gasteiger partial charge in [-0.25, -0.2) is 0 Å². The van der Waals surface area contributed by atoms with Crippen LogP contribution in [0.15, 0.2) is 0 Å². The van der Waals surface area contributed by atoms with Gasteiger partial charge in [-0.2, -0.15) is 0 Å². The minimum Gasteiger partial charge on any atom is -0.389 e. The summed E-state index contributed by atoms with van der Waals surface area (Å²) in [6.45, 7) is 6.91. The number of aliphatic hydroxyl groups is 1. The quantitative estimate of drug-likeness (QED) is 0.780. The lowest BCUT2D eigenvalue weighted by Crippen LogP contribution is -2.54. The molecule has 2 aliphatic rings. The van der Waals surface area contributed by atoms with Gasteiger partial charge in [-0.1, -0.05) is 19.3 Å². The van der Waals surface area contributed by atoms with Crippen LogP contribution in [-0.4, -0.2) is 47.4 Å². The van der Waals surface area contributed by atoms with Crippen LogP contribution in [0.25, 0.3) is 0 Å². The predicted molar refractivity (Wildman–Crippen MR) is 64.5 cm³/mol. The van der Waals surface area contributed by atoms with E-state index in [-0.39, 0.29) is 0 Å². The standard InChI is InChI=1S/C13H25NO2/c1-11-9-16-12(2)8-14(11)10-13(15)6-4-3-5-7-13/h11-12,15H,3-10H2,1-2H3. The molecule has 1 N–H and O–H groups in total. The lowest BCUT2D eigenvalue weighted by atomic mass is 9.84. The molecule has 0 aromatic carbocycles. The van der Waals surface area contributed by atoms with E-state index in [2.05, 4.69) is 18.7 Å². The van der Waals surface area contributed by atoms with E-state index in [0.29, 0.717) is 12.1 Å². The van der Waals surface area contributed by atoms with Crippen molar-refractivity contribution >= 4 is 0 Å². The molecular weight excluding hydrogens is 202 g/mol. The molecule has 3 heteroatoms. The number of ether oxygens (including phenoxy) is 1. The van der Waals surface area contributed by atoms with Gasteiger partial charge in [0.1, 0.15) is 0 Å². The lowest BCUT2D eigenvalue weighted by molar-refractivity contribution is -0.0926. The van der Waals surface area contributed by atoms with Gasteiger partial charge in [-0.3, -0.25) is 4.90 Å². The number of hydrogen-bond acceptors (Lipinski definition) is 3. The molecule has 0 radical (unpaired) electrons. The third kappa shape index (κ3) is 2.96. The maximum absolute atomic E-state index is 10.5. The van der Waals surface area contributed by atoms with Gasteiger partial charge in [-0.15, -0.1) is 0 Å². The summed E-state index contributed by atoms with van der Waals surface area (Å²) in [5, 5.41) is 10.5. The molecule has 2 rings (SSSR count). The number of morpholine rings is 1. The zero-order valence-corrected chi connectivity index (χ0v) is 10.6. The van der Waals surface area contributed by atoms with E-state index in [1.165, 1.54) is 19.3 Å². The molecule has 1 aliphatic heterocycles. The first-order valence-electron chi connectivity index (χ1n) is 6.67. The Morgan fingerprint density at radius 1 is 1.25 bits per heavy atom. The summed E-state index contributed by atoms with van der Waals surface area (Å²) >= 11 is 0. The third-order valence-corrected chi connectivity index (χ3v) is 4.02. The molecule has 2 atom stereocenters. The van der Waals surface area contributed by atoms with E-state index in [0.717, 1.165) is 32.5 Å². The molecule has 94 valence electrons. The SMILES string of the molecule is CC1CN(CC2(O)CCCCC2)C(C)CO1. The molecule has 1 saturated carbocycles. The largest absolute Gasteiger partial charge is 0.389 e. The molecule has 1 aliphatic carbocycles. The van der Waals surface area contributed by atoms with Crippen molar-refractivity contribution in [1.29, 1.82) is 0 Å². The molecular formula is C13H25NO2. The van der Waals surface area contributed by atoms with E-state index in [9.17, 15) is 5.11 Å². The Labute approximate surface area is 98.8 Å². The van der Waals surface area contributed by atoms with E-state index >= 15 is 0 Å². The topological polar surface area (TPSA) is 32.7 Å². The molecule has 0 spiro atoms. The second-order valence-corrected chi connectivity index (χ2v) is 5.71. The highest BCUT2D eigenvalue weighted by molar-refractivity contribution is 4.88. The number of hydrogen-bond donors (Lipinski definition) is 1. The molecule has 0 aromatic rings. The average molecular weight is 227 g/mol. The fourth-order valence-electron chi connectivity index (χ4n) is 2.94. The van der Waals surface area contributed by atoms with Crippen LogP contribution in [0.4, 0.5) is 0 Å². The van der Waals surface area contributed by atoms with Crippen molar-refractivity contribution in [1.82, 2.24) is 4.90 Å². The first-order valence-corrected chi connectivity index (χ1v) is 6.67. The summed E-state index contributed by atoms with van der Waals surface area (Å²) in [6, 6.07) is 0.446. The van der Waals surface area contributed by atoms with Crippen LogP contribution in [0.1, 0.15) is 46.0 Å². The maximum Gasteiger partial charge on any atom is 0.0774 e. The summed E-state index contributed by atoms with van der Waals surface area (Å²) in [7, 11) is 0. The second-order valence-electron chi connectivity index (χ2n) is 5.71. The van der Waals surface area contributed by atoms with Crippen LogP contribution >= 0.6 is 0 Å². The Balaban J connectivity index is 1.91. The van der Waals surface area contributed by atoms with Crippen molar-refractivity contribution < 1.29 is 9.84 Å². The second kappa shape index (κ2) is 5.03. The minimum atomic E-state index is -0.427. The zero-order chi connectivity index (χ0) is 11.6. The first kappa shape index (κ1) is 12.3. The van der Waals surface area contributed by atoms with Crippen molar-refractivity contribution in [3.8, 4) is 0 Å². The lowest BCUT2D eigenvalue weighted by Gasteiger charge is -2.43. The summed E-state index contributed by atoms with van der Waals surface area (Å²) in [5.74, 6) is 0. The Bertz CT molecular complexity index is 226. The van der Waals surface area contributed by atoms with E-state index in [1.54, 1.807) is 0 Å². The van der Waals surface area contributed by atoms with Gasteiger partial charge in [0, 0.05) is 19.1 Å². The first-order chi connectivity index (χ1) is 7.59. The van der Waals surface area contributed by atoms with E-state index in [4.69, 9.17) is 4.74 Å². The predicted octanol–water partition coefficient (Wildman–Crippen LogP) is 1.79. The Kier molecular flexibility index (Phi) is 3.88. The smallest absolute Gasteiger partial charge is 0.0774 e.